The fourth-order valence-electron chi connectivity index (χ4n) is 1.22. The average Bonchev–Trinajstić information content (AvgIpc) is 2.27. The number of esters is 1. The lowest BCUT2D eigenvalue weighted by Gasteiger charge is -2.11. The Balaban J connectivity index is 2.77. The molecule has 2 N–H and O–H groups in total. The highest BCUT2D eigenvalue weighted by molar-refractivity contribution is 8.00. The third-order valence-corrected chi connectivity index (χ3v) is 2.96. The lowest BCUT2D eigenvalue weighted by atomic mass is 10.2. The molecule has 7 heteroatoms. The van der Waals surface area contributed by atoms with Crippen LogP contribution in [-0.4, -0.2) is 18.3 Å². The van der Waals surface area contributed by atoms with Gasteiger partial charge in [0.1, 0.15) is 0 Å². The highest BCUT2D eigenvalue weighted by Crippen LogP contribution is 2.35. The summed E-state index contributed by atoms with van der Waals surface area (Å²) in [6, 6.07) is 3.55. The van der Waals surface area contributed by atoms with E-state index in [9.17, 15) is 18.0 Å². The van der Waals surface area contributed by atoms with E-state index in [-0.39, 0.29) is 18.0 Å². The molecule has 1 aromatic rings. The molecule has 1 aromatic carbocycles. The van der Waals surface area contributed by atoms with Crippen LogP contribution in [0.25, 0.3) is 0 Å². The van der Waals surface area contributed by atoms with Gasteiger partial charge in [-0.05, 0) is 25.1 Å². The van der Waals surface area contributed by atoms with E-state index in [0.717, 1.165) is 17.8 Å². The van der Waals surface area contributed by atoms with E-state index < -0.39 is 17.7 Å². The van der Waals surface area contributed by atoms with Crippen molar-refractivity contribution >= 4 is 23.4 Å². The van der Waals surface area contributed by atoms with E-state index >= 15 is 0 Å². The monoisotopic (exact) mass is 279 g/mol. The van der Waals surface area contributed by atoms with Gasteiger partial charge in [-0.2, -0.15) is 13.2 Å². The summed E-state index contributed by atoms with van der Waals surface area (Å²) in [6.07, 6.45) is -4.50. The number of carbonyl (C=O) groups excluding carboxylic acids is 1. The lowest BCUT2D eigenvalue weighted by molar-refractivity contribution is -0.140. The molecular weight excluding hydrogens is 267 g/mol. The summed E-state index contributed by atoms with van der Waals surface area (Å²) in [5, 5.41) is 0. The maximum absolute atomic E-state index is 12.6. The number of anilines is 1. The van der Waals surface area contributed by atoms with Gasteiger partial charge in [0, 0.05) is 10.6 Å². The quantitative estimate of drug-likeness (QED) is 0.523. The van der Waals surface area contributed by atoms with Gasteiger partial charge in [-0.1, -0.05) is 0 Å². The zero-order valence-corrected chi connectivity index (χ0v) is 10.4. The fourth-order valence-corrected chi connectivity index (χ4v) is 1.95. The minimum Gasteiger partial charge on any atom is -0.465 e. The maximum Gasteiger partial charge on any atom is 0.418 e. The molecular formula is C11H12F3NO2S. The first-order chi connectivity index (χ1) is 8.34. The second-order valence-electron chi connectivity index (χ2n) is 3.34. The highest BCUT2D eigenvalue weighted by atomic mass is 32.2. The smallest absolute Gasteiger partial charge is 0.418 e. The number of benzene rings is 1. The second-order valence-corrected chi connectivity index (χ2v) is 4.39. The van der Waals surface area contributed by atoms with Crippen LogP contribution in [0.1, 0.15) is 12.5 Å². The van der Waals surface area contributed by atoms with Gasteiger partial charge in [-0.25, -0.2) is 0 Å². The van der Waals surface area contributed by atoms with E-state index in [1.165, 1.54) is 12.1 Å². The molecule has 0 saturated carbocycles. The molecule has 0 aliphatic rings. The predicted octanol–water partition coefficient (Wildman–Crippen LogP) is 2.94. The van der Waals surface area contributed by atoms with E-state index in [2.05, 4.69) is 4.74 Å². The molecule has 0 radical (unpaired) electrons. The first-order valence-corrected chi connectivity index (χ1v) is 6.08. The number of alkyl halides is 3. The van der Waals surface area contributed by atoms with Crippen LogP contribution in [0.15, 0.2) is 23.1 Å². The Kier molecular flexibility index (Phi) is 4.89. The summed E-state index contributed by atoms with van der Waals surface area (Å²) in [6.45, 7) is 1.91. The first-order valence-electron chi connectivity index (χ1n) is 5.09. The Morgan fingerprint density at radius 2 is 2.11 bits per heavy atom. The maximum atomic E-state index is 12.6. The Bertz CT molecular complexity index is 435. The second kappa shape index (κ2) is 5.99. The molecule has 0 atom stereocenters. The number of rotatable bonds is 4. The highest BCUT2D eigenvalue weighted by Gasteiger charge is 2.33. The fraction of sp³-hybridized carbons (Fsp3) is 0.364. The molecule has 18 heavy (non-hydrogen) atoms. The number of thioether (sulfide) groups is 1. The third-order valence-electron chi connectivity index (χ3n) is 1.99. The van der Waals surface area contributed by atoms with Gasteiger partial charge in [-0.3, -0.25) is 4.79 Å². The van der Waals surface area contributed by atoms with Crippen molar-refractivity contribution in [1.29, 1.82) is 0 Å². The van der Waals surface area contributed by atoms with Crippen LogP contribution in [0, 0.1) is 0 Å². The molecule has 1 rings (SSSR count). The van der Waals surface area contributed by atoms with Crippen LogP contribution in [-0.2, 0) is 15.7 Å². The van der Waals surface area contributed by atoms with Crippen molar-refractivity contribution in [3.05, 3.63) is 23.8 Å². The Morgan fingerprint density at radius 3 is 2.67 bits per heavy atom. The average molecular weight is 279 g/mol. The predicted molar refractivity (Wildman–Crippen MR) is 63.2 cm³/mol. The van der Waals surface area contributed by atoms with E-state index in [1.54, 1.807) is 6.92 Å². The molecule has 0 bridgehead atoms. The number of ether oxygens (including phenoxy) is 1. The van der Waals surface area contributed by atoms with Gasteiger partial charge in [-0.15, -0.1) is 11.8 Å². The molecule has 0 aliphatic heterocycles. The zero-order chi connectivity index (χ0) is 13.8. The normalized spacial score (nSPS) is 11.3. The zero-order valence-electron chi connectivity index (χ0n) is 9.58. The Labute approximate surface area is 106 Å². The number of carbonyl (C=O) groups is 1. The van der Waals surface area contributed by atoms with Gasteiger partial charge < -0.3 is 10.5 Å². The number of hydrogen-bond acceptors (Lipinski definition) is 4. The van der Waals surface area contributed by atoms with Crippen molar-refractivity contribution in [2.45, 2.75) is 18.0 Å². The molecule has 0 heterocycles. The summed E-state index contributed by atoms with van der Waals surface area (Å²) in [4.78, 5) is 11.4. The largest absolute Gasteiger partial charge is 0.465 e. The van der Waals surface area contributed by atoms with Crippen molar-refractivity contribution in [2.24, 2.45) is 0 Å². The molecule has 0 fully saturated rings. The summed E-state index contributed by atoms with van der Waals surface area (Å²) in [5.41, 5.74) is 4.04. The summed E-state index contributed by atoms with van der Waals surface area (Å²) < 4.78 is 42.4. The molecule has 100 valence electrons. The van der Waals surface area contributed by atoms with E-state index in [0.29, 0.717) is 4.90 Å². The van der Waals surface area contributed by atoms with Crippen molar-refractivity contribution < 1.29 is 22.7 Å². The molecule has 0 aromatic heterocycles. The van der Waals surface area contributed by atoms with Crippen LogP contribution < -0.4 is 5.73 Å². The van der Waals surface area contributed by atoms with Crippen molar-refractivity contribution in [1.82, 2.24) is 0 Å². The SMILES string of the molecule is CCOC(=O)CSc1ccc(N)c(C(F)(F)F)c1. The van der Waals surface area contributed by atoms with Crippen molar-refractivity contribution in [2.75, 3.05) is 18.1 Å². The molecule has 3 nitrogen and oxygen atoms in total. The van der Waals surface area contributed by atoms with Crippen LogP contribution in [0.4, 0.5) is 18.9 Å². The van der Waals surface area contributed by atoms with E-state index in [1.807, 2.05) is 0 Å². The molecule has 0 spiro atoms. The van der Waals surface area contributed by atoms with Gasteiger partial charge in [0.05, 0.1) is 17.9 Å². The summed E-state index contributed by atoms with van der Waals surface area (Å²) in [7, 11) is 0. The topological polar surface area (TPSA) is 52.3 Å². The van der Waals surface area contributed by atoms with Gasteiger partial charge in [0.15, 0.2) is 0 Å². The molecule has 0 amide bonds. The van der Waals surface area contributed by atoms with Crippen LogP contribution in [0.5, 0.6) is 0 Å². The molecule has 0 saturated heterocycles. The van der Waals surface area contributed by atoms with Crippen molar-refractivity contribution in [3.63, 3.8) is 0 Å². The standard InChI is InChI=1S/C11H12F3NO2S/c1-2-17-10(16)6-18-7-3-4-9(15)8(5-7)11(12,13)14/h3-5H,2,6,15H2,1H3. The Hall–Kier alpha value is -1.37. The van der Waals surface area contributed by atoms with Crippen LogP contribution in [0.3, 0.4) is 0 Å². The first kappa shape index (κ1) is 14.7. The lowest BCUT2D eigenvalue weighted by Crippen LogP contribution is -2.09. The minimum absolute atomic E-state index is 0.0327. The number of nitrogen functional groups attached to an aromatic ring is 1. The van der Waals surface area contributed by atoms with Crippen molar-refractivity contribution in [3.8, 4) is 0 Å². The third kappa shape index (κ3) is 4.14. The number of halogens is 3. The number of hydrogen-bond donors (Lipinski definition) is 1. The van der Waals surface area contributed by atoms with Gasteiger partial charge in [0.2, 0.25) is 0 Å². The van der Waals surface area contributed by atoms with Crippen LogP contribution in [0.2, 0.25) is 0 Å². The molecule has 0 unspecified atom stereocenters. The van der Waals surface area contributed by atoms with E-state index in [4.69, 9.17) is 5.73 Å². The van der Waals surface area contributed by atoms with Crippen LogP contribution >= 0.6 is 11.8 Å². The minimum atomic E-state index is -4.50. The van der Waals surface area contributed by atoms with Gasteiger partial charge in [0.25, 0.3) is 0 Å². The Morgan fingerprint density at radius 1 is 1.44 bits per heavy atom. The molecule has 0 aliphatic carbocycles. The summed E-state index contributed by atoms with van der Waals surface area (Å²) >= 11 is 0.977. The number of nitrogens with two attached hydrogens (primary N) is 1. The summed E-state index contributed by atoms with van der Waals surface area (Å²) in [5.74, 6) is -0.498. The van der Waals surface area contributed by atoms with Gasteiger partial charge >= 0.3 is 12.1 Å².